The predicted molar refractivity (Wildman–Crippen MR) is 107 cm³/mol. The maximum absolute atomic E-state index is 12.5. The van der Waals surface area contributed by atoms with Crippen molar-refractivity contribution in [1.29, 1.82) is 0 Å². The van der Waals surface area contributed by atoms with Crippen LogP contribution in [0.3, 0.4) is 0 Å². The first-order valence-electron chi connectivity index (χ1n) is 8.42. The Hall–Kier alpha value is -1.44. The summed E-state index contributed by atoms with van der Waals surface area (Å²) < 4.78 is 0. The van der Waals surface area contributed by atoms with Crippen LogP contribution in [0.4, 0.5) is 0 Å². The highest BCUT2D eigenvalue weighted by Gasteiger charge is 2.19. The van der Waals surface area contributed by atoms with Crippen LogP contribution in [0.5, 0.6) is 0 Å². The molecular formula is C18H19N3OS3. The van der Waals surface area contributed by atoms with Crippen LogP contribution in [0, 0.1) is 6.92 Å². The number of thioether (sulfide) groups is 1. The molecule has 7 heteroatoms. The van der Waals surface area contributed by atoms with Crippen LogP contribution in [0.15, 0.2) is 27.9 Å². The van der Waals surface area contributed by atoms with Gasteiger partial charge in [0.1, 0.15) is 15.7 Å². The zero-order valence-corrected chi connectivity index (χ0v) is 16.5. The van der Waals surface area contributed by atoms with Gasteiger partial charge in [0.15, 0.2) is 0 Å². The van der Waals surface area contributed by atoms with E-state index >= 15 is 0 Å². The zero-order chi connectivity index (χ0) is 17.2. The van der Waals surface area contributed by atoms with Crippen LogP contribution < -0.4 is 0 Å². The van der Waals surface area contributed by atoms with Crippen molar-refractivity contribution >= 4 is 50.6 Å². The fourth-order valence-corrected chi connectivity index (χ4v) is 5.96. The van der Waals surface area contributed by atoms with Crippen molar-refractivity contribution in [3.05, 3.63) is 28.7 Å². The summed E-state index contributed by atoms with van der Waals surface area (Å²) >= 11 is 4.92. The molecule has 1 fully saturated rings. The maximum atomic E-state index is 12.5. The molecule has 1 aliphatic heterocycles. The van der Waals surface area contributed by atoms with Gasteiger partial charge >= 0.3 is 0 Å². The van der Waals surface area contributed by atoms with Crippen LogP contribution in [-0.2, 0) is 4.79 Å². The van der Waals surface area contributed by atoms with Gasteiger partial charge in [-0.25, -0.2) is 9.97 Å². The van der Waals surface area contributed by atoms with Crippen molar-refractivity contribution in [2.45, 2.75) is 31.2 Å². The number of fused-ring (bicyclic) bond motifs is 1. The minimum atomic E-state index is 0.224. The van der Waals surface area contributed by atoms with Crippen molar-refractivity contribution in [2.75, 3.05) is 18.8 Å². The molecule has 0 spiro atoms. The number of rotatable bonds is 4. The number of carbonyl (C=O) groups is 1. The Labute approximate surface area is 159 Å². The van der Waals surface area contributed by atoms with Gasteiger partial charge in [0, 0.05) is 28.9 Å². The van der Waals surface area contributed by atoms with E-state index in [4.69, 9.17) is 0 Å². The summed E-state index contributed by atoms with van der Waals surface area (Å²) in [5, 5.41) is 6.26. The molecule has 25 heavy (non-hydrogen) atoms. The molecular weight excluding hydrogens is 370 g/mol. The highest BCUT2D eigenvalue weighted by atomic mass is 32.2. The number of hydrogen-bond donors (Lipinski definition) is 0. The van der Waals surface area contributed by atoms with E-state index in [1.54, 1.807) is 34.4 Å². The summed E-state index contributed by atoms with van der Waals surface area (Å²) in [5.41, 5.74) is 1.18. The highest BCUT2D eigenvalue weighted by molar-refractivity contribution is 8.00. The third-order valence-electron chi connectivity index (χ3n) is 4.34. The van der Waals surface area contributed by atoms with Crippen LogP contribution in [0.1, 0.15) is 25.1 Å². The van der Waals surface area contributed by atoms with Crippen molar-refractivity contribution in [3.8, 4) is 10.4 Å². The minimum Gasteiger partial charge on any atom is -0.342 e. The van der Waals surface area contributed by atoms with Gasteiger partial charge in [-0.1, -0.05) is 17.8 Å². The Bertz CT molecular complexity index is 882. The Morgan fingerprint density at radius 2 is 2.08 bits per heavy atom. The van der Waals surface area contributed by atoms with Crippen LogP contribution in [0.25, 0.3) is 20.7 Å². The number of aromatic nitrogens is 2. The normalized spacial score (nSPS) is 15.0. The Balaban J connectivity index is 1.62. The smallest absolute Gasteiger partial charge is 0.232 e. The molecule has 130 valence electrons. The lowest BCUT2D eigenvalue weighted by atomic mass is 10.1. The van der Waals surface area contributed by atoms with Crippen molar-refractivity contribution in [2.24, 2.45) is 0 Å². The lowest BCUT2D eigenvalue weighted by Gasteiger charge is -2.26. The average Bonchev–Trinajstić information content (AvgIpc) is 3.29. The van der Waals surface area contributed by atoms with E-state index in [1.165, 1.54) is 16.9 Å². The molecule has 4 rings (SSSR count). The fourth-order valence-electron chi connectivity index (χ4n) is 3.09. The molecule has 0 bridgehead atoms. The summed E-state index contributed by atoms with van der Waals surface area (Å²) in [6.45, 7) is 3.72. The number of aryl methyl sites for hydroxylation is 1. The van der Waals surface area contributed by atoms with Crippen LogP contribution in [0.2, 0.25) is 0 Å². The average molecular weight is 390 g/mol. The second-order valence-corrected chi connectivity index (χ2v) is 8.88. The van der Waals surface area contributed by atoms with Gasteiger partial charge in [0.25, 0.3) is 0 Å². The molecule has 0 aliphatic carbocycles. The standard InChI is InChI=1S/C18H19N3OS3/c1-12-19-17-16(13(10-24-17)14-6-5-9-23-14)18(20-12)25-11-15(22)21-7-3-2-4-8-21/h5-6,9-10H,2-4,7-8,11H2,1H3. The second kappa shape index (κ2) is 7.43. The van der Waals surface area contributed by atoms with E-state index in [9.17, 15) is 4.79 Å². The molecule has 4 nitrogen and oxygen atoms in total. The monoisotopic (exact) mass is 389 g/mol. The molecule has 0 unspecified atom stereocenters. The third-order valence-corrected chi connectivity index (χ3v) is 7.08. The summed E-state index contributed by atoms with van der Waals surface area (Å²) in [7, 11) is 0. The van der Waals surface area contributed by atoms with E-state index in [-0.39, 0.29) is 5.91 Å². The minimum absolute atomic E-state index is 0.224. The molecule has 0 N–H and O–H groups in total. The number of piperidine rings is 1. The van der Waals surface area contributed by atoms with Gasteiger partial charge < -0.3 is 4.90 Å². The van der Waals surface area contributed by atoms with Crippen LogP contribution >= 0.6 is 34.4 Å². The third kappa shape index (κ3) is 3.59. The molecule has 4 heterocycles. The van der Waals surface area contributed by atoms with Crippen molar-refractivity contribution in [3.63, 3.8) is 0 Å². The number of likely N-dealkylation sites (tertiary alicyclic amines) is 1. The Morgan fingerprint density at radius 1 is 1.24 bits per heavy atom. The lowest BCUT2D eigenvalue weighted by molar-refractivity contribution is -0.129. The zero-order valence-electron chi connectivity index (χ0n) is 14.0. The van der Waals surface area contributed by atoms with Gasteiger partial charge in [-0.05, 0) is 37.6 Å². The first-order chi connectivity index (χ1) is 12.2. The van der Waals surface area contributed by atoms with E-state index in [0.717, 1.165) is 47.0 Å². The van der Waals surface area contributed by atoms with Gasteiger partial charge in [-0.2, -0.15) is 0 Å². The van der Waals surface area contributed by atoms with E-state index < -0.39 is 0 Å². The number of hydrogen-bond acceptors (Lipinski definition) is 6. The fraction of sp³-hybridized carbons (Fsp3) is 0.389. The van der Waals surface area contributed by atoms with E-state index in [2.05, 4.69) is 32.9 Å². The van der Waals surface area contributed by atoms with Gasteiger partial charge in [-0.3, -0.25) is 4.79 Å². The first kappa shape index (κ1) is 17.0. The van der Waals surface area contributed by atoms with E-state index in [0.29, 0.717) is 5.75 Å². The molecule has 0 aromatic carbocycles. The quantitative estimate of drug-likeness (QED) is 0.473. The largest absolute Gasteiger partial charge is 0.342 e. The van der Waals surface area contributed by atoms with Gasteiger partial charge in [-0.15, -0.1) is 22.7 Å². The summed E-state index contributed by atoms with van der Waals surface area (Å²) in [6, 6.07) is 4.19. The van der Waals surface area contributed by atoms with Gasteiger partial charge in [0.05, 0.1) is 11.1 Å². The number of amides is 1. The van der Waals surface area contributed by atoms with E-state index in [1.807, 2.05) is 11.8 Å². The van der Waals surface area contributed by atoms with Crippen molar-refractivity contribution in [1.82, 2.24) is 14.9 Å². The second-order valence-electron chi connectivity index (χ2n) is 6.11. The molecule has 0 saturated carbocycles. The molecule has 3 aromatic heterocycles. The summed E-state index contributed by atoms with van der Waals surface area (Å²) in [4.78, 5) is 26.0. The first-order valence-corrected chi connectivity index (χ1v) is 11.2. The SMILES string of the molecule is Cc1nc(SCC(=O)N2CCCCC2)c2c(-c3cccs3)csc2n1. The number of nitrogens with zero attached hydrogens (tertiary/aromatic N) is 3. The highest BCUT2D eigenvalue weighted by Crippen LogP contribution is 2.40. The van der Waals surface area contributed by atoms with Crippen molar-refractivity contribution < 1.29 is 4.79 Å². The molecule has 0 atom stereocenters. The van der Waals surface area contributed by atoms with Gasteiger partial charge in [0.2, 0.25) is 5.91 Å². The molecule has 3 aromatic rings. The number of carbonyl (C=O) groups excluding carboxylic acids is 1. The summed E-state index contributed by atoms with van der Waals surface area (Å²) in [6.07, 6.45) is 3.49. The predicted octanol–water partition coefficient (Wildman–Crippen LogP) is 4.83. The summed E-state index contributed by atoms with van der Waals surface area (Å²) in [5.74, 6) is 1.44. The molecule has 1 saturated heterocycles. The topological polar surface area (TPSA) is 46.1 Å². The molecule has 1 aliphatic rings. The molecule has 0 radical (unpaired) electrons. The molecule has 1 amide bonds. The maximum Gasteiger partial charge on any atom is 0.232 e. The Morgan fingerprint density at radius 3 is 2.84 bits per heavy atom. The Kier molecular flexibility index (Phi) is 5.05. The number of thiophene rings is 2. The lowest BCUT2D eigenvalue weighted by Crippen LogP contribution is -2.36. The van der Waals surface area contributed by atoms with Crippen LogP contribution in [-0.4, -0.2) is 39.6 Å².